The highest BCUT2D eigenvalue weighted by molar-refractivity contribution is 6.00. The Balaban J connectivity index is 2.32. The van der Waals surface area contributed by atoms with Crippen molar-refractivity contribution in [2.24, 2.45) is 10.4 Å². The molecular weight excluding hydrogens is 398 g/mol. The number of carbonyl (C=O) groups is 2. The molecule has 31 heavy (non-hydrogen) atoms. The van der Waals surface area contributed by atoms with E-state index in [4.69, 9.17) is 14.7 Å². The molecule has 0 unspecified atom stereocenters. The lowest BCUT2D eigenvalue weighted by atomic mass is 9.86. The second-order valence-electron chi connectivity index (χ2n) is 8.89. The summed E-state index contributed by atoms with van der Waals surface area (Å²) in [6, 6.07) is 1.91. The molecule has 2 N–H and O–H groups in total. The fraction of sp³-hybridized carbons (Fsp3) is 0.727. The van der Waals surface area contributed by atoms with Crippen molar-refractivity contribution in [3.8, 4) is 6.07 Å². The van der Waals surface area contributed by atoms with E-state index in [1.807, 2.05) is 38.7 Å². The summed E-state index contributed by atoms with van der Waals surface area (Å²) < 4.78 is 11.0. The van der Waals surface area contributed by atoms with Crippen molar-refractivity contribution in [3.63, 3.8) is 0 Å². The highest BCUT2D eigenvalue weighted by Crippen LogP contribution is 2.28. The first-order valence-corrected chi connectivity index (χ1v) is 11.0. The summed E-state index contributed by atoms with van der Waals surface area (Å²) in [6.07, 6.45) is 4.34. The highest BCUT2D eigenvalue weighted by Gasteiger charge is 2.26. The van der Waals surface area contributed by atoms with Crippen molar-refractivity contribution < 1.29 is 19.1 Å². The minimum Gasteiger partial charge on any atom is -0.446 e. The van der Waals surface area contributed by atoms with Gasteiger partial charge in [-0.25, -0.2) is 9.79 Å². The predicted octanol–water partition coefficient (Wildman–Crippen LogP) is 2.69. The zero-order valence-corrected chi connectivity index (χ0v) is 19.1. The van der Waals surface area contributed by atoms with Crippen LogP contribution in [-0.2, 0) is 14.3 Å². The number of carbonyl (C=O) groups excluding carboxylic acids is 2. The number of hydrogen-bond acceptors (Lipinski definition) is 6. The van der Waals surface area contributed by atoms with Gasteiger partial charge in [0, 0.05) is 13.1 Å². The predicted molar refractivity (Wildman–Crippen MR) is 117 cm³/mol. The van der Waals surface area contributed by atoms with E-state index in [0.717, 1.165) is 31.3 Å². The van der Waals surface area contributed by atoms with Crippen LogP contribution in [0.3, 0.4) is 0 Å². The molecule has 0 bridgehead atoms. The molecule has 1 heterocycles. The van der Waals surface area contributed by atoms with Gasteiger partial charge >= 0.3 is 6.09 Å². The maximum absolute atomic E-state index is 12.8. The summed E-state index contributed by atoms with van der Waals surface area (Å²) in [6.45, 7) is 9.71. The second kappa shape index (κ2) is 11.7. The number of morpholine rings is 1. The molecule has 2 fully saturated rings. The third-order valence-corrected chi connectivity index (χ3v) is 5.59. The van der Waals surface area contributed by atoms with Gasteiger partial charge in [-0.3, -0.25) is 10.1 Å². The summed E-state index contributed by atoms with van der Waals surface area (Å²) in [5, 5.41) is 14.2. The molecule has 172 valence electrons. The molecule has 0 spiro atoms. The molecule has 9 heteroatoms. The number of nitrogens with one attached hydrogen (secondary N) is 2. The van der Waals surface area contributed by atoms with Gasteiger partial charge in [-0.15, -0.1) is 0 Å². The summed E-state index contributed by atoms with van der Waals surface area (Å²) in [5.74, 6) is -0.197. The van der Waals surface area contributed by atoms with Gasteiger partial charge in [0.15, 0.2) is 0 Å². The molecule has 0 aromatic rings. The number of rotatable bonds is 4. The zero-order valence-electron chi connectivity index (χ0n) is 19.1. The van der Waals surface area contributed by atoms with Gasteiger partial charge in [0.25, 0.3) is 5.91 Å². The zero-order chi connectivity index (χ0) is 22.9. The van der Waals surface area contributed by atoms with Crippen LogP contribution in [0, 0.1) is 16.7 Å². The van der Waals surface area contributed by atoms with Gasteiger partial charge < -0.3 is 19.7 Å². The Morgan fingerprint density at radius 2 is 1.84 bits per heavy atom. The van der Waals surface area contributed by atoms with Crippen molar-refractivity contribution in [3.05, 3.63) is 11.3 Å². The van der Waals surface area contributed by atoms with E-state index >= 15 is 0 Å². The lowest BCUT2D eigenvalue weighted by molar-refractivity contribution is -0.117. The van der Waals surface area contributed by atoms with Crippen LogP contribution in [0.4, 0.5) is 4.79 Å². The van der Waals surface area contributed by atoms with Crippen LogP contribution in [0.1, 0.15) is 59.8 Å². The van der Waals surface area contributed by atoms with Crippen LogP contribution in [0.25, 0.3) is 0 Å². The molecule has 2 aliphatic rings. The molecule has 1 aliphatic carbocycles. The molecule has 1 aliphatic heterocycles. The van der Waals surface area contributed by atoms with Gasteiger partial charge in [-0.05, 0) is 43.6 Å². The average Bonchev–Trinajstić information content (AvgIpc) is 2.75. The molecule has 1 saturated heterocycles. The summed E-state index contributed by atoms with van der Waals surface area (Å²) in [7, 11) is 0. The Morgan fingerprint density at radius 3 is 2.42 bits per heavy atom. The highest BCUT2D eigenvalue weighted by atomic mass is 16.6. The number of hydrogen-bond donors (Lipinski definition) is 2. The Hall–Kier alpha value is -2.60. The molecule has 2 rings (SSSR count). The molecule has 9 nitrogen and oxygen atoms in total. The van der Waals surface area contributed by atoms with Crippen LogP contribution >= 0.6 is 0 Å². The normalized spacial score (nSPS) is 19.2. The lowest BCUT2D eigenvalue weighted by Gasteiger charge is -2.31. The van der Waals surface area contributed by atoms with Gasteiger partial charge in [0.05, 0.1) is 19.3 Å². The Bertz CT molecular complexity index is 736. The van der Waals surface area contributed by atoms with Gasteiger partial charge in [0.1, 0.15) is 18.3 Å². The fourth-order valence-electron chi connectivity index (χ4n) is 3.38. The number of allylic oxidation sites excluding steroid dienone is 1. The van der Waals surface area contributed by atoms with Crippen molar-refractivity contribution in [2.45, 2.75) is 65.9 Å². The Morgan fingerprint density at radius 1 is 1.19 bits per heavy atom. The Kier molecular flexibility index (Phi) is 9.31. The fourth-order valence-corrected chi connectivity index (χ4v) is 3.38. The van der Waals surface area contributed by atoms with E-state index in [1.54, 1.807) is 0 Å². The third kappa shape index (κ3) is 7.87. The summed E-state index contributed by atoms with van der Waals surface area (Å²) in [4.78, 5) is 31.9. The minimum absolute atomic E-state index is 0.0926. The topological polar surface area (TPSA) is 116 Å². The van der Waals surface area contributed by atoms with E-state index in [1.165, 1.54) is 6.42 Å². The SMILES string of the molecule is C/C(=C(\N=C(NC(=O)OC1CCCCC1)N1CCOCC1)C(=O)NCC#N)C(C)(C)C. The first-order chi connectivity index (χ1) is 14.7. The number of nitriles is 1. The van der Waals surface area contributed by atoms with Crippen molar-refractivity contribution in [1.29, 1.82) is 5.26 Å². The molecule has 2 amide bonds. The molecule has 0 radical (unpaired) electrons. The van der Waals surface area contributed by atoms with E-state index in [0.29, 0.717) is 26.3 Å². The van der Waals surface area contributed by atoms with E-state index in [2.05, 4.69) is 15.6 Å². The summed E-state index contributed by atoms with van der Waals surface area (Å²) >= 11 is 0. The number of guanidine groups is 1. The van der Waals surface area contributed by atoms with E-state index in [-0.39, 0.29) is 29.7 Å². The number of nitrogens with zero attached hydrogens (tertiary/aromatic N) is 3. The van der Waals surface area contributed by atoms with Crippen molar-refractivity contribution >= 4 is 18.0 Å². The maximum atomic E-state index is 12.8. The van der Waals surface area contributed by atoms with Crippen LogP contribution in [-0.4, -0.2) is 61.8 Å². The number of amides is 2. The largest absolute Gasteiger partial charge is 0.446 e. The maximum Gasteiger partial charge on any atom is 0.414 e. The molecule has 1 saturated carbocycles. The van der Waals surface area contributed by atoms with E-state index < -0.39 is 12.0 Å². The van der Waals surface area contributed by atoms with Crippen molar-refractivity contribution in [2.75, 3.05) is 32.8 Å². The first kappa shape index (κ1) is 24.7. The van der Waals surface area contributed by atoms with Crippen LogP contribution in [0.5, 0.6) is 0 Å². The summed E-state index contributed by atoms with van der Waals surface area (Å²) in [5.41, 5.74) is 0.597. The second-order valence-corrected chi connectivity index (χ2v) is 8.89. The monoisotopic (exact) mass is 433 g/mol. The molecule has 0 atom stereocenters. The number of alkyl carbamates (subject to hydrolysis) is 1. The average molecular weight is 434 g/mol. The standard InChI is InChI=1S/C22H35N5O4/c1-16(22(2,3)4)18(19(28)24-11-10-23)25-20(27-12-14-30-15-13-27)26-21(29)31-17-8-6-5-7-9-17/h17H,5-9,11-15H2,1-4H3,(H,24,28)(H,25,26,29)/b18-16+. The van der Waals surface area contributed by atoms with Crippen LogP contribution < -0.4 is 10.6 Å². The van der Waals surface area contributed by atoms with Gasteiger partial charge in [-0.2, -0.15) is 5.26 Å². The van der Waals surface area contributed by atoms with Crippen molar-refractivity contribution in [1.82, 2.24) is 15.5 Å². The van der Waals surface area contributed by atoms with Crippen LogP contribution in [0.15, 0.2) is 16.3 Å². The third-order valence-electron chi connectivity index (χ3n) is 5.59. The first-order valence-electron chi connectivity index (χ1n) is 11.0. The number of aliphatic imine (C=N–C) groups is 1. The van der Waals surface area contributed by atoms with E-state index in [9.17, 15) is 9.59 Å². The quantitative estimate of drug-likeness (QED) is 0.305. The van der Waals surface area contributed by atoms with Gasteiger partial charge in [-0.1, -0.05) is 27.2 Å². The van der Waals surface area contributed by atoms with Gasteiger partial charge in [0.2, 0.25) is 5.96 Å². The lowest BCUT2D eigenvalue weighted by Crippen LogP contribution is -2.50. The smallest absolute Gasteiger partial charge is 0.414 e. The molecule has 0 aromatic heterocycles. The van der Waals surface area contributed by atoms with Crippen LogP contribution in [0.2, 0.25) is 0 Å². The minimum atomic E-state index is -0.567. The number of ether oxygens (including phenoxy) is 2. The molecular formula is C22H35N5O4. The Labute approximate surface area is 184 Å². The molecule has 0 aromatic carbocycles.